The van der Waals surface area contributed by atoms with Crippen LogP contribution in [0.3, 0.4) is 0 Å². The average molecular weight is 304 g/mol. The van der Waals surface area contributed by atoms with Crippen LogP contribution in [0.1, 0.15) is 36.4 Å². The minimum atomic E-state index is -0.336. The van der Waals surface area contributed by atoms with Crippen molar-refractivity contribution < 1.29 is 4.79 Å². The molecule has 0 fully saturated rings. The van der Waals surface area contributed by atoms with Crippen LogP contribution in [0.5, 0.6) is 0 Å². The summed E-state index contributed by atoms with van der Waals surface area (Å²) in [5.41, 5.74) is 0.956. The number of thioether (sulfide) groups is 1. The summed E-state index contributed by atoms with van der Waals surface area (Å²) in [6.45, 7) is 4.10. The molecule has 1 amide bonds. The Morgan fingerprint density at radius 3 is 2.43 bits per heavy atom. The molecule has 0 bridgehead atoms. The van der Waals surface area contributed by atoms with Crippen LogP contribution < -0.4 is 0 Å². The zero-order valence-corrected chi connectivity index (χ0v) is 13.5. The normalized spacial score (nSPS) is 12.4. The maximum absolute atomic E-state index is 12.4. The smallest absolute Gasteiger partial charge is 0.240 e. The van der Waals surface area contributed by atoms with Gasteiger partial charge in [-0.3, -0.25) is 9.89 Å². The highest BCUT2D eigenvalue weighted by Crippen LogP contribution is 2.34. The lowest BCUT2D eigenvalue weighted by Gasteiger charge is -2.19. The number of hydrogen-bond acceptors (Lipinski definition) is 4. The third-order valence-electron chi connectivity index (χ3n) is 3.02. The molecule has 1 unspecified atom stereocenters. The molecule has 0 aliphatic carbocycles. The second-order valence-electron chi connectivity index (χ2n) is 5.30. The highest BCUT2D eigenvalue weighted by atomic mass is 32.2. The Labute approximate surface area is 129 Å². The first-order chi connectivity index (χ1) is 9.99. The van der Waals surface area contributed by atoms with Gasteiger partial charge in [0.1, 0.15) is 11.1 Å². The summed E-state index contributed by atoms with van der Waals surface area (Å²) in [6, 6.07) is 9.71. The van der Waals surface area contributed by atoms with Crippen LogP contribution in [-0.4, -0.2) is 40.1 Å². The molecule has 2 aromatic rings. The van der Waals surface area contributed by atoms with E-state index in [1.165, 1.54) is 11.8 Å². The number of carbonyl (C=O) groups excluding carboxylic acids is 1. The molecule has 1 aromatic heterocycles. The van der Waals surface area contributed by atoms with Crippen LogP contribution >= 0.6 is 11.8 Å². The lowest BCUT2D eigenvalue weighted by atomic mass is 10.1. The van der Waals surface area contributed by atoms with Crippen molar-refractivity contribution in [3.63, 3.8) is 0 Å². The van der Waals surface area contributed by atoms with Gasteiger partial charge in [0, 0.05) is 20.0 Å². The van der Waals surface area contributed by atoms with Gasteiger partial charge in [-0.25, -0.2) is 4.98 Å². The number of H-pyrrole nitrogens is 1. The molecule has 112 valence electrons. The van der Waals surface area contributed by atoms with Crippen molar-refractivity contribution in [1.82, 2.24) is 20.1 Å². The minimum absolute atomic E-state index is 0.0297. The summed E-state index contributed by atoms with van der Waals surface area (Å²) in [7, 11) is 3.52. The molecule has 1 atom stereocenters. The molecular formula is C15H20N4OS. The molecule has 0 radical (unpaired) electrons. The van der Waals surface area contributed by atoms with Crippen LogP contribution in [-0.2, 0) is 4.79 Å². The molecule has 2 rings (SSSR count). The Hall–Kier alpha value is -1.82. The van der Waals surface area contributed by atoms with E-state index < -0.39 is 0 Å². The molecule has 0 aliphatic heterocycles. The predicted octanol–water partition coefficient (Wildman–Crippen LogP) is 2.85. The Balaban J connectivity index is 2.25. The Bertz CT molecular complexity index is 595. The van der Waals surface area contributed by atoms with E-state index in [9.17, 15) is 4.79 Å². The van der Waals surface area contributed by atoms with E-state index in [-0.39, 0.29) is 17.1 Å². The summed E-state index contributed by atoms with van der Waals surface area (Å²) in [5, 5.41) is 7.39. The van der Waals surface area contributed by atoms with Gasteiger partial charge in [-0.05, 0) is 5.56 Å². The molecule has 1 N–H and O–H groups in total. The van der Waals surface area contributed by atoms with Gasteiger partial charge in [-0.2, -0.15) is 0 Å². The fourth-order valence-electron chi connectivity index (χ4n) is 1.80. The molecule has 6 heteroatoms. The minimum Gasteiger partial charge on any atom is -0.348 e. The van der Waals surface area contributed by atoms with Gasteiger partial charge in [0.15, 0.2) is 0 Å². The van der Waals surface area contributed by atoms with Gasteiger partial charge in [0.25, 0.3) is 0 Å². The Morgan fingerprint density at radius 1 is 1.24 bits per heavy atom. The molecule has 0 aliphatic rings. The van der Waals surface area contributed by atoms with E-state index in [4.69, 9.17) is 0 Å². The fraction of sp³-hybridized carbons (Fsp3) is 0.400. The van der Waals surface area contributed by atoms with Crippen LogP contribution in [0.25, 0.3) is 0 Å². The van der Waals surface area contributed by atoms with E-state index >= 15 is 0 Å². The van der Waals surface area contributed by atoms with E-state index in [1.54, 1.807) is 19.0 Å². The molecule has 0 spiro atoms. The first-order valence-corrected chi connectivity index (χ1v) is 7.72. The number of carbonyl (C=O) groups is 1. The molecule has 0 saturated heterocycles. The quantitative estimate of drug-likeness (QED) is 0.863. The van der Waals surface area contributed by atoms with Gasteiger partial charge in [-0.15, -0.1) is 5.10 Å². The lowest BCUT2D eigenvalue weighted by Crippen LogP contribution is -2.26. The highest BCUT2D eigenvalue weighted by Gasteiger charge is 2.25. The van der Waals surface area contributed by atoms with Crippen LogP contribution in [0.2, 0.25) is 0 Å². The summed E-state index contributed by atoms with van der Waals surface area (Å²) in [4.78, 5) is 18.5. The first-order valence-electron chi connectivity index (χ1n) is 6.84. The van der Waals surface area contributed by atoms with Crippen molar-refractivity contribution in [2.24, 2.45) is 0 Å². The number of aromatic amines is 1. The summed E-state index contributed by atoms with van der Waals surface area (Å²) in [6.07, 6.45) is 0. The fourth-order valence-corrected chi connectivity index (χ4v) is 2.86. The number of amides is 1. The van der Waals surface area contributed by atoms with Gasteiger partial charge in [-0.1, -0.05) is 55.9 Å². The van der Waals surface area contributed by atoms with Gasteiger partial charge >= 0.3 is 0 Å². The SMILES string of the molecule is CC(C)c1nc(SC(C(=O)N(C)C)c2ccccc2)n[nH]1. The zero-order valence-electron chi connectivity index (χ0n) is 12.7. The molecular weight excluding hydrogens is 284 g/mol. The molecule has 5 nitrogen and oxygen atoms in total. The maximum atomic E-state index is 12.4. The van der Waals surface area contributed by atoms with Crippen molar-refractivity contribution in [2.75, 3.05) is 14.1 Å². The molecule has 0 saturated carbocycles. The average Bonchev–Trinajstić information content (AvgIpc) is 2.93. The number of likely N-dealkylation sites (N-methyl/N-ethyl adjacent to an activating group) is 1. The van der Waals surface area contributed by atoms with E-state index in [0.717, 1.165) is 11.4 Å². The van der Waals surface area contributed by atoms with E-state index in [1.807, 2.05) is 30.3 Å². The van der Waals surface area contributed by atoms with Crippen molar-refractivity contribution >= 4 is 17.7 Å². The third kappa shape index (κ3) is 3.85. The third-order valence-corrected chi connectivity index (χ3v) is 4.12. The number of aromatic nitrogens is 3. The monoisotopic (exact) mass is 304 g/mol. The van der Waals surface area contributed by atoms with Gasteiger partial charge in [0.2, 0.25) is 11.1 Å². The second-order valence-corrected chi connectivity index (χ2v) is 6.37. The van der Waals surface area contributed by atoms with Crippen molar-refractivity contribution in [2.45, 2.75) is 30.2 Å². The second kappa shape index (κ2) is 6.76. The zero-order chi connectivity index (χ0) is 15.4. The van der Waals surface area contributed by atoms with Gasteiger partial charge in [0.05, 0.1) is 0 Å². The predicted molar refractivity (Wildman–Crippen MR) is 84.2 cm³/mol. The van der Waals surface area contributed by atoms with Crippen LogP contribution in [0.4, 0.5) is 0 Å². The summed E-state index contributed by atoms with van der Waals surface area (Å²) < 4.78 is 0. The Morgan fingerprint density at radius 2 is 1.90 bits per heavy atom. The number of benzene rings is 1. The number of nitrogens with one attached hydrogen (secondary N) is 1. The highest BCUT2D eigenvalue weighted by molar-refractivity contribution is 8.00. The molecule has 1 heterocycles. The molecule has 21 heavy (non-hydrogen) atoms. The van der Waals surface area contributed by atoms with E-state index in [0.29, 0.717) is 5.16 Å². The van der Waals surface area contributed by atoms with Crippen LogP contribution in [0, 0.1) is 0 Å². The van der Waals surface area contributed by atoms with Crippen molar-refractivity contribution in [1.29, 1.82) is 0 Å². The number of rotatable bonds is 5. The maximum Gasteiger partial charge on any atom is 0.240 e. The summed E-state index contributed by atoms with van der Waals surface area (Å²) in [5.74, 6) is 1.15. The summed E-state index contributed by atoms with van der Waals surface area (Å²) >= 11 is 1.37. The first kappa shape index (κ1) is 15.6. The standard InChI is InChI=1S/C15H20N4OS/c1-10(2)13-16-15(18-17-13)21-12(14(20)19(3)4)11-8-6-5-7-9-11/h5-10,12H,1-4H3,(H,16,17,18). The molecule has 1 aromatic carbocycles. The van der Waals surface area contributed by atoms with Crippen LogP contribution in [0.15, 0.2) is 35.5 Å². The van der Waals surface area contributed by atoms with E-state index in [2.05, 4.69) is 29.0 Å². The van der Waals surface area contributed by atoms with Crippen molar-refractivity contribution in [3.8, 4) is 0 Å². The number of nitrogens with zero attached hydrogens (tertiary/aromatic N) is 3. The van der Waals surface area contributed by atoms with Gasteiger partial charge < -0.3 is 4.90 Å². The van der Waals surface area contributed by atoms with Crippen molar-refractivity contribution in [3.05, 3.63) is 41.7 Å². The lowest BCUT2D eigenvalue weighted by molar-refractivity contribution is -0.128. The largest absolute Gasteiger partial charge is 0.348 e. The number of hydrogen-bond donors (Lipinski definition) is 1. The Kier molecular flexibility index (Phi) is 5.01. The topological polar surface area (TPSA) is 61.9 Å².